The van der Waals surface area contributed by atoms with Crippen LogP contribution in [0.25, 0.3) is 0 Å². The Morgan fingerprint density at radius 1 is 1.33 bits per heavy atom. The third kappa shape index (κ3) is 4.98. The van der Waals surface area contributed by atoms with Crippen molar-refractivity contribution in [2.45, 2.75) is 38.1 Å². The molecule has 1 rings (SSSR count). The monoisotopic (exact) mass is 317 g/mol. The average Bonchev–Trinajstić information content (AvgIpc) is 2.31. The van der Waals surface area contributed by atoms with Crippen LogP contribution in [0.15, 0.2) is 17.0 Å². The number of benzene rings is 1. The zero-order valence-corrected chi connectivity index (χ0v) is 13.3. The molecule has 21 heavy (non-hydrogen) atoms. The molecule has 0 saturated heterocycles. The van der Waals surface area contributed by atoms with Crippen LogP contribution in [-0.4, -0.2) is 26.4 Å². The summed E-state index contributed by atoms with van der Waals surface area (Å²) in [6.07, 6.45) is 0. The largest absolute Gasteiger partial charge is 0.396 e. The maximum absolute atomic E-state index is 13.4. The summed E-state index contributed by atoms with van der Waals surface area (Å²) in [5.41, 5.74) is 4.82. The second-order valence-electron chi connectivity index (χ2n) is 5.77. The van der Waals surface area contributed by atoms with Gasteiger partial charge in [-0.3, -0.25) is 4.79 Å². The summed E-state index contributed by atoms with van der Waals surface area (Å²) in [5.74, 6) is -1.11. The topological polar surface area (TPSA) is 101 Å². The Hall–Kier alpha value is -1.67. The second-order valence-corrected chi connectivity index (χ2v) is 7.53. The van der Waals surface area contributed by atoms with Gasteiger partial charge in [0.05, 0.1) is 17.1 Å². The van der Waals surface area contributed by atoms with Gasteiger partial charge in [-0.2, -0.15) is 0 Å². The van der Waals surface area contributed by atoms with E-state index in [2.05, 4.69) is 10.0 Å². The molecule has 0 aliphatic carbocycles. The molecule has 0 aliphatic rings. The fraction of sp³-hybridized carbons (Fsp3) is 0.462. The summed E-state index contributed by atoms with van der Waals surface area (Å²) in [6, 6.07) is 2.18. The lowest BCUT2D eigenvalue weighted by Crippen LogP contribution is -2.45. The summed E-state index contributed by atoms with van der Waals surface area (Å²) in [6.45, 7) is 6.35. The average molecular weight is 317 g/mol. The lowest BCUT2D eigenvalue weighted by molar-refractivity contribution is -0.121. The maximum atomic E-state index is 13.4. The Labute approximate surface area is 124 Å². The van der Waals surface area contributed by atoms with Gasteiger partial charge in [-0.15, -0.1) is 0 Å². The van der Waals surface area contributed by atoms with Crippen molar-refractivity contribution in [1.29, 1.82) is 0 Å². The van der Waals surface area contributed by atoms with Gasteiger partial charge in [-0.25, -0.2) is 17.5 Å². The fourth-order valence-electron chi connectivity index (χ4n) is 1.62. The number of aryl methyl sites for hydroxylation is 1. The lowest BCUT2D eigenvalue weighted by Gasteiger charge is -2.20. The van der Waals surface area contributed by atoms with Gasteiger partial charge < -0.3 is 11.1 Å². The van der Waals surface area contributed by atoms with Gasteiger partial charge in [-0.1, -0.05) is 0 Å². The van der Waals surface area contributed by atoms with E-state index in [0.29, 0.717) is 0 Å². The number of nitrogens with two attached hydrogens (primary N) is 1. The van der Waals surface area contributed by atoms with Crippen molar-refractivity contribution in [3.05, 3.63) is 23.5 Å². The third-order valence-electron chi connectivity index (χ3n) is 2.50. The SMILES string of the molecule is Cc1cc(S(=O)(=O)NCC(=O)NC(C)(C)C)cc(N)c1F. The zero-order chi connectivity index (χ0) is 16.4. The van der Waals surface area contributed by atoms with Crippen LogP contribution >= 0.6 is 0 Å². The number of halogens is 1. The van der Waals surface area contributed by atoms with Crippen molar-refractivity contribution >= 4 is 21.6 Å². The molecule has 0 atom stereocenters. The summed E-state index contributed by atoms with van der Waals surface area (Å²) >= 11 is 0. The number of anilines is 1. The second kappa shape index (κ2) is 5.98. The van der Waals surface area contributed by atoms with Crippen molar-refractivity contribution in [3.63, 3.8) is 0 Å². The van der Waals surface area contributed by atoms with Gasteiger partial charge in [0.1, 0.15) is 5.82 Å². The molecule has 0 aliphatic heterocycles. The Morgan fingerprint density at radius 2 is 1.90 bits per heavy atom. The molecule has 1 aromatic rings. The first kappa shape index (κ1) is 17.4. The van der Waals surface area contributed by atoms with Crippen LogP contribution in [0.2, 0.25) is 0 Å². The van der Waals surface area contributed by atoms with Crippen molar-refractivity contribution < 1.29 is 17.6 Å². The van der Waals surface area contributed by atoms with E-state index in [0.717, 1.165) is 12.1 Å². The first-order valence-electron chi connectivity index (χ1n) is 6.29. The van der Waals surface area contributed by atoms with Crippen LogP contribution in [0.5, 0.6) is 0 Å². The van der Waals surface area contributed by atoms with Crippen molar-refractivity contribution in [2.24, 2.45) is 0 Å². The number of hydrogen-bond acceptors (Lipinski definition) is 4. The number of sulfonamides is 1. The molecule has 118 valence electrons. The van der Waals surface area contributed by atoms with E-state index in [1.807, 2.05) is 0 Å². The standard InChI is InChI=1S/C13H20FN3O3S/c1-8-5-9(6-10(15)12(8)14)21(19,20)16-7-11(18)17-13(2,3)4/h5-6,16H,7,15H2,1-4H3,(H,17,18). The van der Waals surface area contributed by atoms with Crippen molar-refractivity contribution in [3.8, 4) is 0 Å². The Balaban J connectivity index is 2.86. The lowest BCUT2D eigenvalue weighted by atomic mass is 10.1. The number of carbonyl (C=O) groups is 1. The Bertz CT molecular complexity index is 628. The number of rotatable bonds is 4. The highest BCUT2D eigenvalue weighted by Gasteiger charge is 2.20. The first-order valence-corrected chi connectivity index (χ1v) is 7.77. The third-order valence-corrected chi connectivity index (χ3v) is 3.88. The van der Waals surface area contributed by atoms with E-state index < -0.39 is 33.8 Å². The molecule has 8 heteroatoms. The summed E-state index contributed by atoms with van der Waals surface area (Å²) < 4.78 is 39.6. The van der Waals surface area contributed by atoms with E-state index >= 15 is 0 Å². The molecule has 0 heterocycles. The fourth-order valence-corrected chi connectivity index (χ4v) is 2.73. The van der Waals surface area contributed by atoms with Crippen LogP contribution in [0.1, 0.15) is 26.3 Å². The normalized spacial score (nSPS) is 12.2. The Morgan fingerprint density at radius 3 is 2.38 bits per heavy atom. The maximum Gasteiger partial charge on any atom is 0.241 e. The molecule has 0 radical (unpaired) electrons. The number of amides is 1. The summed E-state index contributed by atoms with van der Waals surface area (Å²) in [4.78, 5) is 11.4. The molecule has 0 aromatic heterocycles. The molecular weight excluding hydrogens is 297 g/mol. The number of carbonyl (C=O) groups excluding carboxylic acids is 1. The molecule has 0 unspecified atom stereocenters. The van der Waals surface area contributed by atoms with E-state index in [1.165, 1.54) is 6.92 Å². The molecular formula is C13H20FN3O3S. The van der Waals surface area contributed by atoms with E-state index in [-0.39, 0.29) is 16.1 Å². The van der Waals surface area contributed by atoms with Gasteiger partial charge in [0.15, 0.2) is 0 Å². The smallest absolute Gasteiger partial charge is 0.241 e. The van der Waals surface area contributed by atoms with Gasteiger partial charge in [0.25, 0.3) is 0 Å². The predicted molar refractivity (Wildman–Crippen MR) is 78.6 cm³/mol. The van der Waals surface area contributed by atoms with E-state index in [9.17, 15) is 17.6 Å². The van der Waals surface area contributed by atoms with Gasteiger partial charge in [0, 0.05) is 5.54 Å². The number of nitrogens with one attached hydrogen (secondary N) is 2. The van der Waals surface area contributed by atoms with Gasteiger partial charge in [0.2, 0.25) is 15.9 Å². The molecule has 0 saturated carbocycles. The molecule has 1 amide bonds. The molecule has 0 bridgehead atoms. The van der Waals surface area contributed by atoms with Crippen LogP contribution in [0.4, 0.5) is 10.1 Å². The van der Waals surface area contributed by atoms with Gasteiger partial charge >= 0.3 is 0 Å². The van der Waals surface area contributed by atoms with Crippen LogP contribution < -0.4 is 15.8 Å². The predicted octanol–water partition coefficient (Wildman–Crippen LogP) is 0.909. The van der Waals surface area contributed by atoms with Crippen molar-refractivity contribution in [2.75, 3.05) is 12.3 Å². The van der Waals surface area contributed by atoms with Crippen molar-refractivity contribution in [1.82, 2.24) is 10.0 Å². The summed E-state index contributed by atoms with van der Waals surface area (Å²) in [5, 5.41) is 2.62. The van der Waals surface area contributed by atoms with Crippen LogP contribution in [0.3, 0.4) is 0 Å². The molecule has 1 aromatic carbocycles. The highest BCUT2D eigenvalue weighted by atomic mass is 32.2. The minimum absolute atomic E-state index is 0.120. The van der Waals surface area contributed by atoms with E-state index in [1.54, 1.807) is 20.8 Å². The zero-order valence-electron chi connectivity index (χ0n) is 12.5. The quantitative estimate of drug-likeness (QED) is 0.718. The highest BCUT2D eigenvalue weighted by Crippen LogP contribution is 2.20. The minimum Gasteiger partial charge on any atom is -0.396 e. The summed E-state index contributed by atoms with van der Waals surface area (Å²) in [7, 11) is -3.93. The van der Waals surface area contributed by atoms with Crippen LogP contribution in [-0.2, 0) is 14.8 Å². The molecule has 0 spiro atoms. The number of hydrogen-bond donors (Lipinski definition) is 3. The molecule has 4 N–H and O–H groups in total. The first-order chi connectivity index (χ1) is 9.42. The number of nitrogen functional groups attached to an aromatic ring is 1. The van der Waals surface area contributed by atoms with Gasteiger partial charge in [-0.05, 0) is 45.4 Å². The minimum atomic E-state index is -3.93. The highest BCUT2D eigenvalue weighted by molar-refractivity contribution is 7.89. The molecule has 6 nitrogen and oxygen atoms in total. The molecule has 0 fully saturated rings. The van der Waals surface area contributed by atoms with E-state index in [4.69, 9.17) is 5.73 Å². The Kier molecular flexibility index (Phi) is 4.95. The van der Waals surface area contributed by atoms with Crippen LogP contribution in [0, 0.1) is 12.7 Å².